The van der Waals surface area contributed by atoms with Gasteiger partial charge in [0.1, 0.15) is 11.0 Å². The Balaban J connectivity index is 1.47. The van der Waals surface area contributed by atoms with Gasteiger partial charge in [-0.15, -0.1) is 0 Å². The van der Waals surface area contributed by atoms with Crippen LogP contribution in [0.4, 0.5) is 8.78 Å². The molecule has 4 aromatic rings. The van der Waals surface area contributed by atoms with Crippen LogP contribution in [0.3, 0.4) is 0 Å². The molecule has 0 N–H and O–H groups in total. The molecule has 0 atom stereocenters. The first-order chi connectivity index (χ1) is 14.4. The van der Waals surface area contributed by atoms with Gasteiger partial charge in [-0.25, -0.2) is 13.8 Å². The van der Waals surface area contributed by atoms with Crippen LogP contribution in [0, 0.1) is 0 Å². The number of benzene rings is 2. The number of likely N-dealkylation sites (tertiary alicyclic amines) is 1. The molecular formula is C21H18F2N6O. The number of alkyl halides is 2. The van der Waals surface area contributed by atoms with Crippen molar-refractivity contribution in [1.82, 2.24) is 29.9 Å². The van der Waals surface area contributed by atoms with Gasteiger partial charge in [0.15, 0.2) is 0 Å². The van der Waals surface area contributed by atoms with E-state index in [1.54, 1.807) is 31.4 Å². The lowest BCUT2D eigenvalue weighted by Gasteiger charge is -2.31. The fourth-order valence-electron chi connectivity index (χ4n) is 3.68. The summed E-state index contributed by atoms with van der Waals surface area (Å²) < 4.78 is 26.8. The molecule has 30 heavy (non-hydrogen) atoms. The number of aromatic nitrogens is 5. The summed E-state index contributed by atoms with van der Waals surface area (Å²) >= 11 is 0. The van der Waals surface area contributed by atoms with Crippen LogP contribution in [0.5, 0.6) is 0 Å². The summed E-state index contributed by atoms with van der Waals surface area (Å²) in [6.07, 6.45) is 1.07. The SMILES string of the molecule is Cn1nc2ccc(-c3cnc4ccc(C(=O)N5CCC(F)(F)CC5)cc4n3)cc2n1. The molecule has 0 bridgehead atoms. The lowest BCUT2D eigenvalue weighted by atomic mass is 10.1. The fourth-order valence-corrected chi connectivity index (χ4v) is 3.68. The van der Waals surface area contributed by atoms with Crippen molar-refractivity contribution in [2.45, 2.75) is 18.8 Å². The minimum Gasteiger partial charge on any atom is -0.338 e. The standard InChI is InChI=1S/C21H18F2N6O/c1-28-26-16-5-2-13(10-18(16)27-28)19-12-24-15-4-3-14(11-17(15)25-19)20(30)29-8-6-21(22,23)7-9-29/h2-5,10-12H,6-9H2,1H3. The van der Waals surface area contributed by atoms with E-state index >= 15 is 0 Å². The van der Waals surface area contributed by atoms with Gasteiger partial charge in [0.25, 0.3) is 11.8 Å². The molecule has 0 radical (unpaired) electrons. The minimum absolute atomic E-state index is 0.0493. The van der Waals surface area contributed by atoms with E-state index in [-0.39, 0.29) is 31.8 Å². The van der Waals surface area contributed by atoms with Crippen LogP contribution in [0.15, 0.2) is 42.6 Å². The summed E-state index contributed by atoms with van der Waals surface area (Å²) in [4.78, 5) is 24.9. The van der Waals surface area contributed by atoms with Crippen LogP contribution >= 0.6 is 0 Å². The molecule has 1 fully saturated rings. The molecule has 0 aliphatic carbocycles. The number of carbonyl (C=O) groups excluding carboxylic acids is 1. The third-order valence-corrected chi connectivity index (χ3v) is 5.35. The summed E-state index contributed by atoms with van der Waals surface area (Å²) in [7, 11) is 1.76. The molecule has 1 aliphatic rings. The summed E-state index contributed by atoms with van der Waals surface area (Å²) in [6, 6.07) is 10.7. The van der Waals surface area contributed by atoms with E-state index in [0.717, 1.165) is 16.6 Å². The van der Waals surface area contributed by atoms with Gasteiger partial charge in [-0.1, -0.05) is 6.07 Å². The van der Waals surface area contributed by atoms with E-state index in [2.05, 4.69) is 20.2 Å². The number of fused-ring (bicyclic) bond motifs is 2. The average Bonchev–Trinajstić information content (AvgIpc) is 3.11. The molecule has 2 aromatic carbocycles. The first-order valence-corrected chi connectivity index (χ1v) is 9.63. The monoisotopic (exact) mass is 408 g/mol. The second-order valence-electron chi connectivity index (χ2n) is 7.50. The number of rotatable bonds is 2. The van der Waals surface area contributed by atoms with E-state index < -0.39 is 5.92 Å². The van der Waals surface area contributed by atoms with Crippen LogP contribution in [-0.2, 0) is 7.05 Å². The van der Waals surface area contributed by atoms with E-state index in [4.69, 9.17) is 0 Å². The number of amides is 1. The van der Waals surface area contributed by atoms with E-state index in [9.17, 15) is 13.6 Å². The van der Waals surface area contributed by atoms with Crippen LogP contribution < -0.4 is 0 Å². The van der Waals surface area contributed by atoms with Gasteiger partial charge in [-0.2, -0.15) is 15.0 Å². The van der Waals surface area contributed by atoms with Crippen LogP contribution in [-0.4, -0.2) is 54.8 Å². The normalized spacial score (nSPS) is 16.3. The number of aryl methyl sites for hydroxylation is 1. The Morgan fingerprint density at radius 3 is 2.50 bits per heavy atom. The largest absolute Gasteiger partial charge is 0.338 e. The van der Waals surface area contributed by atoms with E-state index in [1.807, 2.05) is 18.2 Å². The highest BCUT2D eigenvalue weighted by molar-refractivity contribution is 5.97. The Kier molecular flexibility index (Phi) is 4.19. The summed E-state index contributed by atoms with van der Waals surface area (Å²) in [5.74, 6) is -2.95. The Morgan fingerprint density at radius 1 is 0.967 bits per heavy atom. The van der Waals surface area contributed by atoms with Crippen LogP contribution in [0.25, 0.3) is 33.3 Å². The molecular weight excluding hydrogens is 390 g/mol. The quantitative estimate of drug-likeness (QED) is 0.508. The van der Waals surface area contributed by atoms with Crippen molar-refractivity contribution in [2.24, 2.45) is 7.05 Å². The van der Waals surface area contributed by atoms with E-state index in [1.165, 1.54) is 9.70 Å². The Labute approximate surface area is 170 Å². The molecule has 1 aliphatic heterocycles. The zero-order valence-electron chi connectivity index (χ0n) is 16.2. The third-order valence-electron chi connectivity index (χ3n) is 5.35. The maximum atomic E-state index is 13.4. The van der Waals surface area contributed by atoms with Gasteiger partial charge in [0.2, 0.25) is 0 Å². The first kappa shape index (κ1) is 18.5. The zero-order valence-corrected chi connectivity index (χ0v) is 16.2. The van der Waals surface area contributed by atoms with Crippen molar-refractivity contribution in [1.29, 1.82) is 0 Å². The number of nitrogens with zero attached hydrogens (tertiary/aromatic N) is 6. The van der Waals surface area contributed by atoms with Crippen LogP contribution in [0.2, 0.25) is 0 Å². The summed E-state index contributed by atoms with van der Waals surface area (Å²) in [6.45, 7) is 0.0986. The Hall–Kier alpha value is -3.49. The predicted octanol–water partition coefficient (Wildman–Crippen LogP) is 3.45. The molecule has 5 rings (SSSR count). The predicted molar refractivity (Wildman–Crippen MR) is 107 cm³/mol. The maximum absolute atomic E-state index is 13.4. The van der Waals surface area contributed by atoms with E-state index in [0.29, 0.717) is 22.3 Å². The number of hydrogen-bond acceptors (Lipinski definition) is 5. The van der Waals surface area contributed by atoms with Gasteiger partial charge in [-0.05, 0) is 30.3 Å². The minimum atomic E-state index is -2.69. The molecule has 7 nitrogen and oxygen atoms in total. The smallest absolute Gasteiger partial charge is 0.253 e. The highest BCUT2D eigenvalue weighted by Crippen LogP contribution is 2.29. The number of hydrogen-bond donors (Lipinski definition) is 0. The molecule has 1 amide bonds. The molecule has 0 spiro atoms. The van der Waals surface area contributed by atoms with Crippen molar-refractivity contribution >= 4 is 28.0 Å². The third kappa shape index (κ3) is 3.36. The van der Waals surface area contributed by atoms with Gasteiger partial charge >= 0.3 is 0 Å². The molecule has 3 heterocycles. The van der Waals surface area contributed by atoms with Gasteiger partial charge in [0.05, 0.1) is 22.9 Å². The number of halogens is 2. The lowest BCUT2D eigenvalue weighted by Crippen LogP contribution is -2.42. The van der Waals surface area contributed by atoms with Gasteiger partial charge < -0.3 is 4.90 Å². The second kappa shape index (κ2) is 6.79. The topological polar surface area (TPSA) is 76.8 Å². The number of carbonyl (C=O) groups is 1. The molecule has 9 heteroatoms. The Morgan fingerprint density at radius 2 is 1.70 bits per heavy atom. The highest BCUT2D eigenvalue weighted by Gasteiger charge is 2.35. The molecule has 0 unspecified atom stereocenters. The van der Waals surface area contributed by atoms with Gasteiger partial charge in [0, 0.05) is 44.1 Å². The average molecular weight is 408 g/mol. The highest BCUT2D eigenvalue weighted by atomic mass is 19.3. The van der Waals surface area contributed by atoms with Crippen molar-refractivity contribution < 1.29 is 13.6 Å². The molecule has 2 aromatic heterocycles. The van der Waals surface area contributed by atoms with Crippen LogP contribution in [0.1, 0.15) is 23.2 Å². The second-order valence-corrected chi connectivity index (χ2v) is 7.50. The van der Waals surface area contributed by atoms with Crippen molar-refractivity contribution in [3.63, 3.8) is 0 Å². The summed E-state index contributed by atoms with van der Waals surface area (Å²) in [5, 5.41) is 8.58. The molecule has 0 saturated carbocycles. The van der Waals surface area contributed by atoms with Gasteiger partial charge in [-0.3, -0.25) is 9.78 Å². The maximum Gasteiger partial charge on any atom is 0.253 e. The molecule has 152 valence electrons. The number of piperidine rings is 1. The van der Waals surface area contributed by atoms with Crippen molar-refractivity contribution in [3.8, 4) is 11.3 Å². The summed E-state index contributed by atoms with van der Waals surface area (Å²) in [5.41, 5.74) is 4.67. The van der Waals surface area contributed by atoms with Crippen molar-refractivity contribution in [3.05, 3.63) is 48.2 Å². The Bertz CT molecular complexity index is 1280. The first-order valence-electron chi connectivity index (χ1n) is 9.63. The van der Waals surface area contributed by atoms with Crippen molar-refractivity contribution in [2.75, 3.05) is 13.1 Å². The fraction of sp³-hybridized carbons (Fsp3) is 0.286. The lowest BCUT2D eigenvalue weighted by molar-refractivity contribution is -0.0494. The zero-order chi connectivity index (χ0) is 20.9. The molecule has 1 saturated heterocycles.